The van der Waals surface area contributed by atoms with Gasteiger partial charge >= 0.3 is 0 Å². The van der Waals surface area contributed by atoms with Gasteiger partial charge in [0, 0.05) is 44.6 Å². The topological polar surface area (TPSA) is 52.2 Å². The number of nitrogens with one attached hydrogen (secondary N) is 1. The lowest BCUT2D eigenvalue weighted by atomic mass is 9.84. The van der Waals surface area contributed by atoms with Crippen molar-refractivity contribution in [2.75, 3.05) is 47.1 Å². The first-order valence-corrected chi connectivity index (χ1v) is 12.8. The lowest BCUT2D eigenvalue weighted by molar-refractivity contribution is -0.0701. The molecule has 196 valence electrons. The number of nitrogens with zero attached hydrogens (tertiary/aromatic N) is 1. The molecule has 0 radical (unpaired) electrons. The average molecular weight is 515 g/mol. The third-order valence-electron chi connectivity index (χ3n) is 7.84. The molecule has 0 spiro atoms. The molecule has 0 bridgehead atoms. The zero-order valence-corrected chi connectivity index (χ0v) is 22.2. The van der Waals surface area contributed by atoms with Crippen molar-refractivity contribution in [3.8, 4) is 11.5 Å². The third kappa shape index (κ3) is 5.58. The first-order valence-electron chi connectivity index (χ1n) is 12.8. The van der Waals surface area contributed by atoms with Crippen molar-refractivity contribution in [1.82, 2.24) is 10.2 Å². The average Bonchev–Trinajstić information content (AvgIpc) is 2.91. The van der Waals surface area contributed by atoms with Gasteiger partial charge in [0.05, 0.1) is 39.6 Å². The van der Waals surface area contributed by atoms with Crippen molar-refractivity contribution in [3.63, 3.8) is 0 Å². The van der Waals surface area contributed by atoms with Crippen molar-refractivity contribution >= 4 is 12.4 Å². The number of rotatable bonds is 4. The number of halogens is 1. The van der Waals surface area contributed by atoms with Crippen LogP contribution in [0.4, 0.5) is 0 Å². The molecule has 2 saturated heterocycles. The molecule has 2 aromatic carbocycles. The molecule has 2 aromatic rings. The van der Waals surface area contributed by atoms with Crippen molar-refractivity contribution in [2.45, 2.75) is 50.0 Å². The molecule has 0 aromatic heterocycles. The van der Waals surface area contributed by atoms with Crippen LogP contribution >= 0.6 is 12.4 Å². The summed E-state index contributed by atoms with van der Waals surface area (Å²) in [4.78, 5) is 2.49. The maximum absolute atomic E-state index is 5.98. The highest BCUT2D eigenvalue weighted by Crippen LogP contribution is 2.34. The van der Waals surface area contributed by atoms with Gasteiger partial charge in [0.1, 0.15) is 11.5 Å². The van der Waals surface area contributed by atoms with Gasteiger partial charge < -0.3 is 24.3 Å². The minimum Gasteiger partial charge on any atom is -0.496 e. The lowest BCUT2D eigenvalue weighted by Gasteiger charge is -2.44. The SMILES string of the molecule is C=CCN1CCO[C@H]2Cc3c(cccc3OC)C[C@@H]21.COc1cccc2c1C[C@@H]1OCCN[C@H]1C2.Cl. The highest BCUT2D eigenvalue weighted by atomic mass is 35.5. The number of fused-ring (bicyclic) bond motifs is 4. The zero-order chi connectivity index (χ0) is 24.2. The standard InChI is InChI=1S/C16H21NO2.C13H17NO2.ClH/c1-3-7-17-8-9-19-16-11-13-12(10-14(16)17)5-4-6-15(13)18-2;1-15-12-4-2-3-9-7-11-13(8-10(9)12)16-6-5-14-11;/h3-6,14,16H,1,7-11H2,2H3;2-4,11,13-14H,5-8H2,1H3;1H/t14-,16-;11-,13-;/m00./s1. The molecular formula is C29H39ClN2O4. The van der Waals surface area contributed by atoms with Crippen molar-refractivity contribution in [1.29, 1.82) is 0 Å². The van der Waals surface area contributed by atoms with Gasteiger partial charge in [0.25, 0.3) is 0 Å². The lowest BCUT2D eigenvalue weighted by Crippen LogP contribution is -2.54. The minimum atomic E-state index is 0. The van der Waals surface area contributed by atoms with Gasteiger partial charge in [-0.25, -0.2) is 0 Å². The van der Waals surface area contributed by atoms with Gasteiger partial charge in [-0.3, -0.25) is 4.90 Å². The van der Waals surface area contributed by atoms with Crippen LogP contribution < -0.4 is 14.8 Å². The predicted molar refractivity (Wildman–Crippen MR) is 145 cm³/mol. The Kier molecular flexibility index (Phi) is 9.31. The fourth-order valence-electron chi connectivity index (χ4n) is 6.10. The first kappa shape index (κ1) is 27.0. The number of hydrogen-bond donors (Lipinski definition) is 1. The fourth-order valence-corrected chi connectivity index (χ4v) is 6.10. The molecule has 0 saturated carbocycles. The predicted octanol–water partition coefficient (Wildman–Crippen LogP) is 3.62. The number of methoxy groups -OCH3 is 2. The third-order valence-corrected chi connectivity index (χ3v) is 7.84. The van der Waals surface area contributed by atoms with Crippen LogP contribution in [0.3, 0.4) is 0 Å². The summed E-state index contributed by atoms with van der Waals surface area (Å²) in [6.45, 7) is 8.43. The Labute approximate surface area is 221 Å². The Balaban J connectivity index is 0.000000167. The minimum absolute atomic E-state index is 0. The Bertz CT molecular complexity index is 1030. The van der Waals surface area contributed by atoms with E-state index in [0.29, 0.717) is 18.2 Å². The molecule has 0 unspecified atom stereocenters. The Morgan fingerprint density at radius 1 is 0.917 bits per heavy atom. The molecular weight excluding hydrogens is 476 g/mol. The Morgan fingerprint density at radius 2 is 1.56 bits per heavy atom. The Hall–Kier alpha value is -2.09. The summed E-state index contributed by atoms with van der Waals surface area (Å²) in [5.74, 6) is 2.01. The first-order chi connectivity index (χ1) is 17.2. The number of morpholine rings is 2. The van der Waals surface area contributed by atoms with Gasteiger partial charge in [0.2, 0.25) is 0 Å². The van der Waals surface area contributed by atoms with Crippen molar-refractivity contribution in [3.05, 3.63) is 71.3 Å². The van der Waals surface area contributed by atoms with Gasteiger partial charge in [-0.2, -0.15) is 0 Å². The zero-order valence-electron chi connectivity index (χ0n) is 21.4. The molecule has 4 aliphatic rings. The summed E-state index contributed by atoms with van der Waals surface area (Å²) in [5, 5.41) is 3.53. The number of hydrogen-bond acceptors (Lipinski definition) is 6. The van der Waals surface area contributed by atoms with E-state index in [4.69, 9.17) is 18.9 Å². The van der Waals surface area contributed by atoms with E-state index in [1.807, 2.05) is 18.2 Å². The normalized spacial score (nSPS) is 26.4. The number of ether oxygens (including phenoxy) is 4. The van der Waals surface area contributed by atoms with Gasteiger partial charge in [-0.05, 0) is 47.2 Å². The molecule has 2 aliphatic heterocycles. The van der Waals surface area contributed by atoms with E-state index in [-0.39, 0.29) is 18.5 Å². The molecule has 2 fully saturated rings. The molecule has 2 heterocycles. The van der Waals surface area contributed by atoms with Crippen molar-refractivity contribution < 1.29 is 18.9 Å². The highest BCUT2D eigenvalue weighted by Gasteiger charge is 2.37. The second-order valence-electron chi connectivity index (χ2n) is 9.74. The monoisotopic (exact) mass is 514 g/mol. The van der Waals surface area contributed by atoms with Crippen LogP contribution in [-0.2, 0) is 35.2 Å². The van der Waals surface area contributed by atoms with Crippen LogP contribution in [0.5, 0.6) is 11.5 Å². The summed E-state index contributed by atoms with van der Waals surface area (Å²) in [5.41, 5.74) is 5.46. The van der Waals surface area contributed by atoms with Crippen LogP contribution in [-0.4, -0.2) is 76.3 Å². The van der Waals surface area contributed by atoms with E-state index in [1.54, 1.807) is 14.2 Å². The van der Waals surface area contributed by atoms with Gasteiger partial charge in [-0.15, -0.1) is 19.0 Å². The summed E-state index contributed by atoms with van der Waals surface area (Å²) < 4.78 is 22.7. The van der Waals surface area contributed by atoms with Crippen LogP contribution in [0.2, 0.25) is 0 Å². The molecule has 4 atom stereocenters. The largest absolute Gasteiger partial charge is 0.496 e. The molecule has 0 amide bonds. The molecule has 7 heteroatoms. The van der Waals surface area contributed by atoms with Crippen LogP contribution in [0.25, 0.3) is 0 Å². The summed E-state index contributed by atoms with van der Waals surface area (Å²) >= 11 is 0. The maximum atomic E-state index is 5.98. The van der Waals surface area contributed by atoms with E-state index in [9.17, 15) is 0 Å². The molecule has 2 aliphatic carbocycles. The highest BCUT2D eigenvalue weighted by molar-refractivity contribution is 5.85. The van der Waals surface area contributed by atoms with E-state index < -0.39 is 0 Å². The number of benzene rings is 2. The van der Waals surface area contributed by atoms with Gasteiger partial charge in [0.15, 0.2) is 0 Å². The molecule has 1 N–H and O–H groups in total. The van der Waals surface area contributed by atoms with E-state index in [2.05, 4.69) is 41.1 Å². The van der Waals surface area contributed by atoms with Crippen LogP contribution in [0.15, 0.2) is 49.1 Å². The molecule has 6 nitrogen and oxygen atoms in total. The van der Waals surface area contributed by atoms with Crippen LogP contribution in [0.1, 0.15) is 22.3 Å². The quantitative estimate of drug-likeness (QED) is 0.629. The van der Waals surface area contributed by atoms with E-state index in [1.165, 1.54) is 22.3 Å². The van der Waals surface area contributed by atoms with E-state index in [0.717, 1.165) is 70.0 Å². The summed E-state index contributed by atoms with van der Waals surface area (Å²) in [6, 6.07) is 13.6. The Morgan fingerprint density at radius 3 is 2.22 bits per heavy atom. The van der Waals surface area contributed by atoms with Crippen LogP contribution in [0, 0.1) is 0 Å². The summed E-state index contributed by atoms with van der Waals surface area (Å²) in [7, 11) is 3.48. The molecule has 6 rings (SSSR count). The smallest absolute Gasteiger partial charge is 0.122 e. The second kappa shape index (κ2) is 12.4. The fraction of sp³-hybridized carbons (Fsp3) is 0.517. The van der Waals surface area contributed by atoms with Crippen molar-refractivity contribution in [2.24, 2.45) is 0 Å². The maximum Gasteiger partial charge on any atom is 0.122 e. The van der Waals surface area contributed by atoms with E-state index >= 15 is 0 Å². The van der Waals surface area contributed by atoms with Gasteiger partial charge in [-0.1, -0.05) is 30.3 Å². The second-order valence-corrected chi connectivity index (χ2v) is 9.74. The molecule has 36 heavy (non-hydrogen) atoms. The summed E-state index contributed by atoms with van der Waals surface area (Å²) in [6.07, 6.45) is 6.62.